The summed E-state index contributed by atoms with van der Waals surface area (Å²) in [5.74, 6) is 0. The van der Waals surface area contributed by atoms with Gasteiger partial charge in [0, 0.05) is 11.8 Å². The predicted octanol–water partition coefficient (Wildman–Crippen LogP) is 3.66. The summed E-state index contributed by atoms with van der Waals surface area (Å²) in [5.41, 5.74) is 0. The molecule has 0 aliphatic heterocycles. The molecule has 0 fully saturated rings. The highest BCUT2D eigenvalue weighted by Gasteiger charge is 2.50. The molecule has 0 aliphatic carbocycles. The quantitative estimate of drug-likeness (QED) is 0.698. The Morgan fingerprint density at radius 1 is 1.30 bits per heavy atom. The fraction of sp³-hybridized carbons (Fsp3) is 1.00. The molecular formula is C4H4Br2ClF3. The van der Waals surface area contributed by atoms with E-state index in [1.54, 1.807) is 0 Å². The summed E-state index contributed by atoms with van der Waals surface area (Å²) in [6.07, 6.45) is -0.452. The zero-order valence-corrected chi connectivity index (χ0v) is 8.61. The number of hydrogen-bond acceptors (Lipinski definition) is 0. The minimum Gasteiger partial charge on any atom is -0.218 e. The molecule has 0 saturated carbocycles. The first kappa shape index (κ1) is 11.0. The summed E-state index contributed by atoms with van der Waals surface area (Å²) in [4.78, 5) is -3.67. The number of rotatable bonds is 3. The van der Waals surface area contributed by atoms with Gasteiger partial charge in [0.25, 0.3) is 5.13 Å². The molecule has 0 unspecified atom stereocenters. The van der Waals surface area contributed by atoms with Crippen molar-refractivity contribution in [2.24, 2.45) is 0 Å². The number of halogens is 6. The van der Waals surface area contributed by atoms with Crippen LogP contribution < -0.4 is 0 Å². The predicted molar refractivity (Wildman–Crippen MR) is 42.0 cm³/mol. The van der Waals surface area contributed by atoms with Gasteiger partial charge < -0.3 is 0 Å². The lowest BCUT2D eigenvalue weighted by molar-refractivity contribution is -0.00600. The Hall–Kier alpha value is 1.04. The van der Waals surface area contributed by atoms with E-state index >= 15 is 0 Å². The van der Waals surface area contributed by atoms with E-state index < -0.39 is 16.4 Å². The normalized spacial score (nSPS) is 18.6. The molecule has 62 valence electrons. The number of alkyl halides is 6. The van der Waals surface area contributed by atoms with Crippen molar-refractivity contribution in [1.29, 1.82) is 0 Å². The van der Waals surface area contributed by atoms with Crippen LogP contribution in [0.2, 0.25) is 0 Å². The molecule has 0 radical (unpaired) electrons. The molecule has 0 bridgehead atoms. The van der Waals surface area contributed by atoms with E-state index in [0.717, 1.165) is 0 Å². The van der Waals surface area contributed by atoms with Crippen molar-refractivity contribution in [3.8, 4) is 0 Å². The standard InChI is InChI=1S/C4H4Br2ClF3/c5-2-1-3(7,8)4(6,9)10/h1-2H2/t3-/m0/s1. The van der Waals surface area contributed by atoms with E-state index in [-0.39, 0.29) is 5.33 Å². The second-order valence-electron chi connectivity index (χ2n) is 1.64. The first-order valence-electron chi connectivity index (χ1n) is 2.32. The van der Waals surface area contributed by atoms with Gasteiger partial charge in [0.15, 0.2) is 0 Å². The Morgan fingerprint density at radius 3 is 1.80 bits per heavy atom. The van der Waals surface area contributed by atoms with E-state index in [2.05, 4.69) is 15.9 Å². The third kappa shape index (κ3) is 2.96. The molecule has 0 aliphatic rings. The maximum absolute atomic E-state index is 12.5. The van der Waals surface area contributed by atoms with Crippen molar-refractivity contribution in [2.45, 2.75) is 16.4 Å². The minimum absolute atomic E-state index is 0.0915. The van der Waals surface area contributed by atoms with E-state index in [9.17, 15) is 13.2 Å². The highest BCUT2D eigenvalue weighted by Crippen LogP contribution is 2.43. The lowest BCUT2D eigenvalue weighted by Gasteiger charge is -2.21. The molecule has 1 atom stereocenters. The second kappa shape index (κ2) is 3.63. The maximum atomic E-state index is 12.5. The van der Waals surface area contributed by atoms with Crippen molar-refractivity contribution in [3.63, 3.8) is 0 Å². The lowest BCUT2D eigenvalue weighted by Crippen LogP contribution is -2.33. The summed E-state index contributed by atoms with van der Waals surface area (Å²) < 4.78 is 36.7. The Morgan fingerprint density at radius 2 is 1.70 bits per heavy atom. The highest BCUT2D eigenvalue weighted by atomic mass is 79.9. The van der Waals surface area contributed by atoms with Gasteiger partial charge in [0.1, 0.15) is 0 Å². The molecule has 0 aromatic rings. The minimum atomic E-state index is -3.67. The first-order valence-corrected chi connectivity index (χ1v) is 4.61. The molecule has 6 heteroatoms. The summed E-state index contributed by atoms with van der Waals surface area (Å²) in [5, 5.41) is -2.91. The van der Waals surface area contributed by atoms with E-state index in [4.69, 9.17) is 11.6 Å². The molecule has 0 nitrogen and oxygen atoms in total. The SMILES string of the molecule is FC(F)(Br)[C@](F)(Cl)CCBr. The van der Waals surface area contributed by atoms with Gasteiger partial charge in [-0.05, 0) is 15.9 Å². The van der Waals surface area contributed by atoms with Gasteiger partial charge in [0.2, 0.25) is 0 Å². The van der Waals surface area contributed by atoms with E-state index in [1.807, 2.05) is 15.9 Å². The van der Waals surface area contributed by atoms with Crippen molar-refractivity contribution in [1.82, 2.24) is 0 Å². The molecule has 0 spiro atoms. The molecule has 10 heavy (non-hydrogen) atoms. The Balaban J connectivity index is 4.10. The van der Waals surface area contributed by atoms with E-state index in [1.165, 1.54) is 0 Å². The third-order valence-electron chi connectivity index (χ3n) is 0.823. The Labute approximate surface area is 78.4 Å². The molecule has 0 aromatic heterocycles. The smallest absolute Gasteiger partial charge is 0.218 e. The average molecular weight is 304 g/mol. The van der Waals surface area contributed by atoms with Crippen LogP contribution in [-0.2, 0) is 0 Å². The van der Waals surface area contributed by atoms with Crippen LogP contribution in [0.25, 0.3) is 0 Å². The average Bonchev–Trinajstić information content (AvgIpc) is 1.61. The van der Waals surface area contributed by atoms with Gasteiger partial charge in [-0.2, -0.15) is 8.78 Å². The van der Waals surface area contributed by atoms with Crippen LogP contribution in [0.4, 0.5) is 13.2 Å². The van der Waals surface area contributed by atoms with Crippen LogP contribution in [0.5, 0.6) is 0 Å². The first-order chi connectivity index (χ1) is 4.31. The van der Waals surface area contributed by atoms with E-state index in [0.29, 0.717) is 0 Å². The zero-order valence-electron chi connectivity index (χ0n) is 4.68. The van der Waals surface area contributed by atoms with Crippen LogP contribution in [0, 0.1) is 0 Å². The van der Waals surface area contributed by atoms with Gasteiger partial charge >= 0.3 is 4.83 Å². The van der Waals surface area contributed by atoms with Gasteiger partial charge in [-0.3, -0.25) is 0 Å². The fourth-order valence-corrected chi connectivity index (χ4v) is 1.33. The summed E-state index contributed by atoms with van der Waals surface area (Å²) in [6, 6.07) is 0. The Bertz CT molecular complexity index is 112. The van der Waals surface area contributed by atoms with Crippen LogP contribution in [-0.4, -0.2) is 15.3 Å². The van der Waals surface area contributed by atoms with Gasteiger partial charge in [-0.15, -0.1) is 0 Å². The van der Waals surface area contributed by atoms with Crippen molar-refractivity contribution in [3.05, 3.63) is 0 Å². The summed E-state index contributed by atoms with van der Waals surface area (Å²) in [7, 11) is 0. The maximum Gasteiger partial charge on any atom is 0.348 e. The van der Waals surface area contributed by atoms with Crippen LogP contribution in [0.3, 0.4) is 0 Å². The van der Waals surface area contributed by atoms with Crippen LogP contribution in [0.15, 0.2) is 0 Å². The molecule has 0 N–H and O–H groups in total. The second-order valence-corrected chi connectivity index (χ2v) is 4.03. The summed E-state index contributed by atoms with van der Waals surface area (Å²) >= 11 is 9.46. The van der Waals surface area contributed by atoms with Crippen LogP contribution in [0.1, 0.15) is 6.42 Å². The van der Waals surface area contributed by atoms with Crippen molar-refractivity contribution in [2.75, 3.05) is 5.33 Å². The molecule has 0 heterocycles. The molecule has 0 rings (SSSR count). The molecule has 0 saturated heterocycles. The largest absolute Gasteiger partial charge is 0.348 e. The zero-order chi connectivity index (χ0) is 8.41. The molecule has 0 amide bonds. The fourth-order valence-electron chi connectivity index (χ4n) is 0.260. The third-order valence-corrected chi connectivity index (χ3v) is 2.50. The topological polar surface area (TPSA) is 0 Å². The van der Waals surface area contributed by atoms with Crippen molar-refractivity contribution < 1.29 is 13.2 Å². The molecule has 0 aromatic carbocycles. The molecular weight excluding hydrogens is 300 g/mol. The van der Waals surface area contributed by atoms with Crippen LogP contribution >= 0.6 is 43.5 Å². The van der Waals surface area contributed by atoms with Gasteiger partial charge in [0.05, 0.1) is 0 Å². The monoisotopic (exact) mass is 302 g/mol. The van der Waals surface area contributed by atoms with Crippen molar-refractivity contribution >= 4 is 43.5 Å². The number of hydrogen-bond donors (Lipinski definition) is 0. The Kier molecular flexibility index (Phi) is 4.00. The lowest BCUT2D eigenvalue weighted by atomic mass is 10.3. The van der Waals surface area contributed by atoms with Gasteiger partial charge in [-0.1, -0.05) is 27.5 Å². The van der Waals surface area contributed by atoms with Gasteiger partial charge in [-0.25, -0.2) is 4.39 Å². The summed E-state index contributed by atoms with van der Waals surface area (Å²) in [6.45, 7) is 0. The highest BCUT2D eigenvalue weighted by molar-refractivity contribution is 9.10.